The van der Waals surface area contributed by atoms with Crippen LogP contribution in [0.1, 0.15) is 29.8 Å². The molecule has 0 saturated heterocycles. The minimum atomic E-state index is -3.85. The van der Waals surface area contributed by atoms with Gasteiger partial charge in [0, 0.05) is 17.3 Å². The maximum Gasteiger partial charge on any atom is 0.264 e. The van der Waals surface area contributed by atoms with Crippen LogP contribution in [0.15, 0.2) is 71.6 Å². The van der Waals surface area contributed by atoms with Gasteiger partial charge in [0.05, 0.1) is 17.2 Å². The molecule has 3 aromatic carbocycles. The van der Waals surface area contributed by atoms with Crippen molar-refractivity contribution in [3.05, 3.63) is 83.7 Å². The zero-order valence-corrected chi connectivity index (χ0v) is 18.5. The summed E-state index contributed by atoms with van der Waals surface area (Å²) >= 11 is 0. The van der Waals surface area contributed by atoms with Gasteiger partial charge in [-0.3, -0.25) is 9.10 Å². The molecular weight excluding hydrogens is 431 g/mol. The van der Waals surface area contributed by atoms with Crippen LogP contribution in [-0.4, -0.2) is 27.0 Å². The number of hydrogen-bond acceptors (Lipinski definition) is 4. The molecule has 0 radical (unpaired) electrons. The van der Waals surface area contributed by atoms with E-state index in [2.05, 4.69) is 5.32 Å². The number of carbonyl (C=O) groups excluding carboxylic acids is 1. The van der Waals surface area contributed by atoms with Crippen LogP contribution >= 0.6 is 0 Å². The number of rotatable bonds is 6. The number of halogens is 1. The SMILES string of the molecule is CCOc1ccc(NC(=O)c2ccc3c(c2)C[C@H](C)N3S(=O)(=O)c2ccc(F)cc2)cc1. The van der Waals surface area contributed by atoms with E-state index in [1.165, 1.54) is 16.4 Å². The molecule has 1 heterocycles. The molecule has 166 valence electrons. The van der Waals surface area contributed by atoms with Crippen LogP contribution in [0.5, 0.6) is 5.75 Å². The van der Waals surface area contributed by atoms with E-state index in [1.54, 1.807) is 49.4 Å². The lowest BCUT2D eigenvalue weighted by atomic mass is 10.1. The summed E-state index contributed by atoms with van der Waals surface area (Å²) in [5, 5.41) is 2.84. The number of benzene rings is 3. The normalized spacial score (nSPS) is 15.3. The summed E-state index contributed by atoms with van der Waals surface area (Å²) in [7, 11) is -3.85. The molecule has 0 bridgehead atoms. The van der Waals surface area contributed by atoms with Gasteiger partial charge in [-0.25, -0.2) is 12.8 Å². The van der Waals surface area contributed by atoms with Crippen LogP contribution < -0.4 is 14.4 Å². The van der Waals surface area contributed by atoms with E-state index in [-0.39, 0.29) is 16.8 Å². The van der Waals surface area contributed by atoms with Crippen molar-refractivity contribution in [2.45, 2.75) is 31.2 Å². The highest BCUT2D eigenvalue weighted by Crippen LogP contribution is 2.37. The zero-order chi connectivity index (χ0) is 22.9. The molecule has 0 spiro atoms. The van der Waals surface area contributed by atoms with Crippen molar-refractivity contribution in [3.8, 4) is 5.75 Å². The molecule has 0 saturated carbocycles. The Bertz CT molecular complexity index is 1240. The molecule has 0 aliphatic carbocycles. The first kappa shape index (κ1) is 21.8. The summed E-state index contributed by atoms with van der Waals surface area (Å²) in [4.78, 5) is 12.8. The molecule has 1 amide bonds. The Hall–Kier alpha value is -3.39. The van der Waals surface area contributed by atoms with Gasteiger partial charge in [0.25, 0.3) is 15.9 Å². The Morgan fingerprint density at radius 3 is 2.44 bits per heavy atom. The molecule has 1 N–H and O–H groups in total. The number of amides is 1. The van der Waals surface area contributed by atoms with Crippen molar-refractivity contribution in [2.75, 3.05) is 16.2 Å². The van der Waals surface area contributed by atoms with Crippen molar-refractivity contribution in [3.63, 3.8) is 0 Å². The second-order valence-corrected chi connectivity index (χ2v) is 9.38. The number of sulfonamides is 1. The lowest BCUT2D eigenvalue weighted by Crippen LogP contribution is -2.35. The van der Waals surface area contributed by atoms with Crippen LogP contribution in [-0.2, 0) is 16.4 Å². The smallest absolute Gasteiger partial charge is 0.264 e. The average molecular weight is 455 g/mol. The van der Waals surface area contributed by atoms with Crippen LogP contribution in [0.3, 0.4) is 0 Å². The van der Waals surface area contributed by atoms with Crippen LogP contribution in [0.25, 0.3) is 0 Å². The number of nitrogens with zero attached hydrogens (tertiary/aromatic N) is 1. The number of anilines is 2. The molecule has 1 aliphatic rings. The number of carbonyl (C=O) groups is 1. The first-order valence-corrected chi connectivity index (χ1v) is 11.7. The van der Waals surface area contributed by atoms with Gasteiger partial charge in [0.1, 0.15) is 11.6 Å². The summed E-state index contributed by atoms with van der Waals surface area (Å²) in [6.45, 7) is 4.27. The fourth-order valence-corrected chi connectivity index (χ4v) is 5.53. The summed E-state index contributed by atoms with van der Waals surface area (Å²) in [6.07, 6.45) is 0.472. The maximum absolute atomic E-state index is 13.2. The molecule has 1 aliphatic heterocycles. The summed E-state index contributed by atoms with van der Waals surface area (Å²) in [5.41, 5.74) is 2.36. The van der Waals surface area contributed by atoms with Gasteiger partial charge in [-0.15, -0.1) is 0 Å². The minimum absolute atomic E-state index is 0.0240. The summed E-state index contributed by atoms with van der Waals surface area (Å²) in [6, 6.07) is 16.5. The van der Waals surface area contributed by atoms with E-state index in [9.17, 15) is 17.6 Å². The van der Waals surface area contributed by atoms with Gasteiger partial charge in [-0.05, 0) is 92.6 Å². The third-order valence-corrected chi connectivity index (χ3v) is 7.23. The third kappa shape index (κ3) is 4.18. The minimum Gasteiger partial charge on any atom is -0.494 e. The quantitative estimate of drug-likeness (QED) is 0.590. The van der Waals surface area contributed by atoms with Crippen molar-refractivity contribution in [2.24, 2.45) is 0 Å². The molecule has 0 unspecified atom stereocenters. The Morgan fingerprint density at radius 1 is 1.09 bits per heavy atom. The summed E-state index contributed by atoms with van der Waals surface area (Å²) < 4.78 is 46.3. The molecule has 0 aromatic heterocycles. The van der Waals surface area contributed by atoms with Crippen molar-refractivity contribution in [1.82, 2.24) is 0 Å². The zero-order valence-electron chi connectivity index (χ0n) is 17.7. The van der Waals surface area contributed by atoms with Gasteiger partial charge in [0.2, 0.25) is 0 Å². The van der Waals surface area contributed by atoms with Gasteiger partial charge >= 0.3 is 0 Å². The van der Waals surface area contributed by atoms with Gasteiger partial charge < -0.3 is 10.1 Å². The lowest BCUT2D eigenvalue weighted by molar-refractivity contribution is 0.102. The highest BCUT2D eigenvalue weighted by atomic mass is 32.2. The van der Waals surface area contributed by atoms with Crippen molar-refractivity contribution in [1.29, 1.82) is 0 Å². The molecule has 0 fully saturated rings. The maximum atomic E-state index is 13.2. The van der Waals surface area contributed by atoms with E-state index < -0.39 is 15.8 Å². The van der Waals surface area contributed by atoms with E-state index >= 15 is 0 Å². The fourth-order valence-electron chi connectivity index (χ4n) is 3.83. The highest BCUT2D eigenvalue weighted by Gasteiger charge is 2.36. The standard InChI is InChI=1S/C24H23FN2O4S/c1-3-31-21-9-7-20(8-10-21)26-24(28)17-4-13-23-18(15-17)14-16(2)27(23)32(29,30)22-11-5-19(25)6-12-22/h4-13,15-16H,3,14H2,1-2H3,(H,26,28)/t16-/m0/s1. The van der Waals surface area contributed by atoms with Gasteiger partial charge in [0.15, 0.2) is 0 Å². The first-order valence-electron chi connectivity index (χ1n) is 10.3. The number of hydrogen-bond donors (Lipinski definition) is 1. The topological polar surface area (TPSA) is 75.7 Å². The monoisotopic (exact) mass is 454 g/mol. The van der Waals surface area contributed by atoms with Crippen molar-refractivity contribution < 1.29 is 22.3 Å². The highest BCUT2D eigenvalue weighted by molar-refractivity contribution is 7.92. The van der Waals surface area contributed by atoms with Crippen molar-refractivity contribution >= 4 is 27.3 Å². The largest absolute Gasteiger partial charge is 0.494 e. The van der Waals surface area contributed by atoms with E-state index in [4.69, 9.17) is 4.74 Å². The van der Waals surface area contributed by atoms with Gasteiger partial charge in [-0.1, -0.05) is 0 Å². The Kier molecular flexibility index (Phi) is 5.88. The number of ether oxygens (including phenoxy) is 1. The summed E-state index contributed by atoms with van der Waals surface area (Å²) in [5.74, 6) is -0.0640. The van der Waals surface area contributed by atoms with Crippen LogP contribution in [0, 0.1) is 5.82 Å². The number of nitrogens with one attached hydrogen (secondary N) is 1. The number of fused-ring (bicyclic) bond motifs is 1. The lowest BCUT2D eigenvalue weighted by Gasteiger charge is -2.24. The second-order valence-electron chi connectivity index (χ2n) is 7.56. The third-order valence-electron chi connectivity index (χ3n) is 5.29. The second kappa shape index (κ2) is 8.63. The molecule has 32 heavy (non-hydrogen) atoms. The van der Waals surface area contributed by atoms with E-state index in [0.29, 0.717) is 30.0 Å². The average Bonchev–Trinajstić information content (AvgIpc) is 3.11. The predicted octanol–water partition coefficient (Wildman–Crippen LogP) is 4.62. The molecule has 6 nitrogen and oxygen atoms in total. The predicted molar refractivity (Wildman–Crippen MR) is 121 cm³/mol. The first-order chi connectivity index (χ1) is 15.3. The Morgan fingerprint density at radius 2 is 1.78 bits per heavy atom. The van der Waals surface area contributed by atoms with Crippen LogP contribution in [0.4, 0.5) is 15.8 Å². The van der Waals surface area contributed by atoms with E-state index in [1.807, 2.05) is 6.92 Å². The molecule has 1 atom stereocenters. The Labute approximate surface area is 186 Å². The van der Waals surface area contributed by atoms with E-state index in [0.717, 1.165) is 23.4 Å². The fraction of sp³-hybridized carbons (Fsp3) is 0.208. The molecule has 8 heteroatoms. The molecular formula is C24H23FN2O4S. The van der Waals surface area contributed by atoms with Crippen LogP contribution in [0.2, 0.25) is 0 Å². The molecule has 3 aromatic rings. The van der Waals surface area contributed by atoms with Gasteiger partial charge in [-0.2, -0.15) is 0 Å². The molecule has 4 rings (SSSR count). The Balaban J connectivity index is 1.57.